The Labute approximate surface area is 97.5 Å². The number of carboxylic acids is 1. The monoisotopic (exact) mass is 238 g/mol. The van der Waals surface area contributed by atoms with Crippen LogP contribution in [0.4, 0.5) is 0 Å². The molecule has 0 aliphatic heterocycles. The van der Waals surface area contributed by atoms with Gasteiger partial charge in [-0.1, -0.05) is 13.8 Å². The normalized spacial score (nSPS) is 11.5. The van der Waals surface area contributed by atoms with Crippen molar-refractivity contribution in [1.82, 2.24) is 9.78 Å². The second-order valence-corrected chi connectivity index (χ2v) is 5.33. The maximum atomic E-state index is 10.9. The van der Waals surface area contributed by atoms with E-state index in [1.807, 2.05) is 11.6 Å². The Kier molecular flexibility index (Phi) is 2.71. The Bertz CT molecular complexity index is 539. The molecule has 0 aliphatic rings. The summed E-state index contributed by atoms with van der Waals surface area (Å²) in [6.07, 6.45) is 0. The molecule has 2 rings (SSSR count). The molecule has 0 aliphatic carbocycles. The van der Waals surface area contributed by atoms with Gasteiger partial charge in [0.05, 0.1) is 5.69 Å². The predicted octanol–water partition coefficient (Wildman–Crippen LogP) is 2.76. The van der Waals surface area contributed by atoms with Gasteiger partial charge >= 0.3 is 5.97 Å². The van der Waals surface area contributed by atoms with E-state index < -0.39 is 5.97 Å². The molecule has 0 saturated heterocycles. The van der Waals surface area contributed by atoms with E-state index in [-0.39, 0.29) is 0 Å². The van der Waals surface area contributed by atoms with Crippen LogP contribution in [0.3, 0.4) is 0 Å². The van der Waals surface area contributed by atoms with Gasteiger partial charge in [0.15, 0.2) is 0 Å². The number of hydrogen-bond acceptors (Lipinski definition) is 3. The highest BCUT2D eigenvalue weighted by Crippen LogP contribution is 2.28. The number of aromatic carboxylic acids is 1. The molecule has 2 aromatic rings. The molecule has 0 atom stereocenters. The van der Waals surface area contributed by atoms with Crippen LogP contribution in [0.1, 0.15) is 29.2 Å². The van der Waals surface area contributed by atoms with E-state index in [2.05, 4.69) is 18.9 Å². The molecular formula is C11H14N2O2S. The maximum Gasteiger partial charge on any atom is 0.345 e. The van der Waals surface area contributed by atoms with E-state index in [9.17, 15) is 4.79 Å². The fourth-order valence-corrected chi connectivity index (χ4v) is 2.70. The van der Waals surface area contributed by atoms with Crippen LogP contribution in [0.2, 0.25) is 0 Å². The molecule has 2 heterocycles. The molecular weight excluding hydrogens is 224 g/mol. The second kappa shape index (κ2) is 3.90. The van der Waals surface area contributed by atoms with Gasteiger partial charge in [0.1, 0.15) is 9.71 Å². The Hall–Kier alpha value is -1.36. The number of aromatic nitrogens is 2. The zero-order valence-electron chi connectivity index (χ0n) is 9.52. The van der Waals surface area contributed by atoms with Gasteiger partial charge < -0.3 is 5.11 Å². The molecule has 0 bridgehead atoms. The third-order valence-electron chi connectivity index (χ3n) is 2.36. The quantitative estimate of drug-likeness (QED) is 0.894. The number of carboxylic acid groups (broad SMARTS) is 1. The minimum absolute atomic E-state index is 0.382. The van der Waals surface area contributed by atoms with Crippen molar-refractivity contribution in [3.8, 4) is 0 Å². The topological polar surface area (TPSA) is 55.1 Å². The van der Waals surface area contributed by atoms with Crippen molar-refractivity contribution in [2.45, 2.75) is 27.3 Å². The molecule has 5 heteroatoms. The number of aryl methyl sites for hydroxylation is 1. The summed E-state index contributed by atoms with van der Waals surface area (Å²) < 4.78 is 1.91. The van der Waals surface area contributed by atoms with Gasteiger partial charge in [0.25, 0.3) is 0 Å². The highest BCUT2D eigenvalue weighted by atomic mass is 32.1. The largest absolute Gasteiger partial charge is 0.477 e. The highest BCUT2D eigenvalue weighted by Gasteiger charge is 2.15. The summed E-state index contributed by atoms with van der Waals surface area (Å²) in [5.74, 6) is -0.366. The first-order chi connectivity index (χ1) is 7.49. The van der Waals surface area contributed by atoms with Crippen LogP contribution < -0.4 is 0 Å². The number of rotatable bonds is 3. The fraction of sp³-hybridized carbons (Fsp3) is 0.455. The lowest BCUT2D eigenvalue weighted by Gasteiger charge is -2.04. The summed E-state index contributed by atoms with van der Waals surface area (Å²) in [7, 11) is 0. The first-order valence-electron chi connectivity index (χ1n) is 5.19. The molecule has 0 fully saturated rings. The highest BCUT2D eigenvalue weighted by molar-refractivity contribution is 7.20. The van der Waals surface area contributed by atoms with Gasteiger partial charge in [-0.2, -0.15) is 5.10 Å². The molecule has 0 aromatic carbocycles. The van der Waals surface area contributed by atoms with E-state index >= 15 is 0 Å². The van der Waals surface area contributed by atoms with Crippen LogP contribution in [0.15, 0.2) is 6.07 Å². The summed E-state index contributed by atoms with van der Waals surface area (Å²) in [6, 6.07) is 1.71. The van der Waals surface area contributed by atoms with E-state index in [0.717, 1.165) is 22.5 Å². The Morgan fingerprint density at radius 1 is 1.62 bits per heavy atom. The zero-order chi connectivity index (χ0) is 11.9. The minimum Gasteiger partial charge on any atom is -0.477 e. The van der Waals surface area contributed by atoms with Crippen LogP contribution in [0, 0.1) is 12.8 Å². The van der Waals surface area contributed by atoms with Gasteiger partial charge in [0, 0.05) is 11.9 Å². The van der Waals surface area contributed by atoms with Gasteiger partial charge in [-0.05, 0) is 18.9 Å². The third-order valence-corrected chi connectivity index (χ3v) is 3.49. The maximum absolute atomic E-state index is 10.9. The van der Waals surface area contributed by atoms with E-state index in [1.165, 1.54) is 11.3 Å². The SMILES string of the molecule is Cc1nn(CC(C)C)c2sc(C(=O)O)cc12. The number of fused-ring (bicyclic) bond motifs is 1. The van der Waals surface area contributed by atoms with E-state index in [0.29, 0.717) is 10.8 Å². The smallest absolute Gasteiger partial charge is 0.345 e. The van der Waals surface area contributed by atoms with Crippen LogP contribution in [-0.2, 0) is 6.54 Å². The summed E-state index contributed by atoms with van der Waals surface area (Å²) in [5, 5.41) is 14.3. The van der Waals surface area contributed by atoms with Crippen molar-refractivity contribution in [2.24, 2.45) is 5.92 Å². The molecule has 4 nitrogen and oxygen atoms in total. The van der Waals surface area contributed by atoms with Gasteiger partial charge in [-0.25, -0.2) is 4.79 Å². The lowest BCUT2D eigenvalue weighted by atomic mass is 10.2. The Morgan fingerprint density at radius 2 is 2.31 bits per heavy atom. The number of nitrogens with zero attached hydrogens (tertiary/aromatic N) is 2. The molecule has 0 unspecified atom stereocenters. The molecule has 1 N–H and O–H groups in total. The number of carbonyl (C=O) groups is 1. The minimum atomic E-state index is -0.864. The number of hydrogen-bond donors (Lipinski definition) is 1. The molecule has 0 saturated carbocycles. The summed E-state index contributed by atoms with van der Waals surface area (Å²) in [4.78, 5) is 12.2. The first kappa shape index (κ1) is 11.1. The van der Waals surface area contributed by atoms with Crippen LogP contribution in [0.5, 0.6) is 0 Å². The predicted molar refractivity (Wildman–Crippen MR) is 64.1 cm³/mol. The third kappa shape index (κ3) is 1.82. The Morgan fingerprint density at radius 3 is 2.88 bits per heavy atom. The van der Waals surface area contributed by atoms with Crippen LogP contribution in [0.25, 0.3) is 10.2 Å². The number of thiophene rings is 1. The molecule has 86 valence electrons. The summed E-state index contributed by atoms with van der Waals surface area (Å²) in [5.41, 5.74) is 0.902. The van der Waals surface area contributed by atoms with E-state index in [1.54, 1.807) is 6.07 Å². The lowest BCUT2D eigenvalue weighted by molar-refractivity contribution is 0.0702. The first-order valence-corrected chi connectivity index (χ1v) is 6.01. The van der Waals surface area contributed by atoms with Gasteiger partial charge in [-0.3, -0.25) is 4.68 Å². The molecule has 16 heavy (non-hydrogen) atoms. The van der Waals surface area contributed by atoms with Gasteiger partial charge in [-0.15, -0.1) is 11.3 Å². The molecule has 0 radical (unpaired) electrons. The molecule has 0 spiro atoms. The van der Waals surface area contributed by atoms with Crippen molar-refractivity contribution in [2.75, 3.05) is 0 Å². The fourth-order valence-electron chi connectivity index (χ4n) is 1.69. The van der Waals surface area contributed by atoms with Crippen molar-refractivity contribution >= 4 is 27.5 Å². The standard InChI is InChI=1S/C11H14N2O2S/c1-6(2)5-13-10-8(7(3)12-13)4-9(16-10)11(14)15/h4,6H,5H2,1-3H3,(H,14,15). The average molecular weight is 238 g/mol. The Balaban J connectivity index is 2.54. The van der Waals surface area contributed by atoms with Crippen LogP contribution >= 0.6 is 11.3 Å². The van der Waals surface area contributed by atoms with Crippen molar-refractivity contribution in [3.63, 3.8) is 0 Å². The lowest BCUT2D eigenvalue weighted by Crippen LogP contribution is -2.05. The average Bonchev–Trinajstić information content (AvgIpc) is 2.68. The van der Waals surface area contributed by atoms with Crippen molar-refractivity contribution < 1.29 is 9.90 Å². The van der Waals surface area contributed by atoms with Gasteiger partial charge in [0.2, 0.25) is 0 Å². The molecule has 2 aromatic heterocycles. The second-order valence-electron chi connectivity index (χ2n) is 4.30. The van der Waals surface area contributed by atoms with Crippen molar-refractivity contribution in [3.05, 3.63) is 16.6 Å². The molecule has 0 amide bonds. The summed E-state index contributed by atoms with van der Waals surface area (Å²) >= 11 is 1.30. The van der Waals surface area contributed by atoms with Crippen molar-refractivity contribution in [1.29, 1.82) is 0 Å². The van der Waals surface area contributed by atoms with E-state index in [4.69, 9.17) is 5.11 Å². The summed E-state index contributed by atoms with van der Waals surface area (Å²) in [6.45, 7) is 6.98. The zero-order valence-corrected chi connectivity index (χ0v) is 10.3. The van der Waals surface area contributed by atoms with Crippen LogP contribution in [-0.4, -0.2) is 20.9 Å².